The Labute approximate surface area is 138 Å². The third-order valence-corrected chi connectivity index (χ3v) is 3.44. The molecule has 24 heavy (non-hydrogen) atoms. The minimum Gasteiger partial charge on any atom is -0.351 e. The molecular weight excluding hydrogens is 311 g/mol. The Bertz CT molecular complexity index is 890. The highest BCUT2D eigenvalue weighted by Gasteiger charge is 2.14. The van der Waals surface area contributed by atoms with Crippen LogP contribution in [0.25, 0.3) is 11.8 Å². The molecule has 0 aliphatic rings. The second kappa shape index (κ2) is 6.79. The van der Waals surface area contributed by atoms with Crippen molar-refractivity contribution in [2.24, 2.45) is 5.73 Å². The minimum absolute atomic E-state index is 0.256. The van der Waals surface area contributed by atoms with E-state index in [2.05, 4.69) is 0 Å². The Hall–Kier alpha value is -3.40. The summed E-state index contributed by atoms with van der Waals surface area (Å²) in [6.07, 6.45) is 1.36. The first-order valence-corrected chi connectivity index (χ1v) is 7.01. The van der Waals surface area contributed by atoms with Gasteiger partial charge in [0.15, 0.2) is 0 Å². The molecule has 0 unspecified atom stereocenters. The van der Waals surface area contributed by atoms with Crippen molar-refractivity contribution in [3.63, 3.8) is 0 Å². The number of aromatic nitrogens is 1. The van der Waals surface area contributed by atoms with Gasteiger partial charge in [0.05, 0.1) is 0 Å². The molecule has 0 spiro atoms. The fourth-order valence-electron chi connectivity index (χ4n) is 2.43. The van der Waals surface area contributed by atoms with Gasteiger partial charge in [0.2, 0.25) is 0 Å². The molecule has 2 aromatic rings. The summed E-state index contributed by atoms with van der Waals surface area (Å²) in [6.45, 7) is 3.61. The van der Waals surface area contributed by atoms with Crippen molar-refractivity contribution in [2.75, 3.05) is 0 Å². The molecule has 1 heterocycles. The zero-order chi connectivity index (χ0) is 17.9. The maximum absolute atomic E-state index is 13.5. The highest BCUT2D eigenvalue weighted by Crippen LogP contribution is 2.23. The van der Waals surface area contributed by atoms with Gasteiger partial charge in [0.1, 0.15) is 17.5 Å². The number of primary amides is 1. The number of nitrogens with one attached hydrogen (secondary N) is 1. The number of halogens is 1. The third kappa shape index (κ3) is 3.50. The zero-order valence-electron chi connectivity index (χ0n) is 13.1. The van der Waals surface area contributed by atoms with E-state index in [1.165, 1.54) is 18.2 Å². The lowest BCUT2D eigenvalue weighted by Gasteiger charge is -2.09. The molecule has 0 atom stereocenters. The van der Waals surface area contributed by atoms with Crippen LogP contribution in [0.1, 0.15) is 17.0 Å². The van der Waals surface area contributed by atoms with E-state index in [1.54, 1.807) is 35.8 Å². The second-order valence-corrected chi connectivity index (χ2v) is 5.13. The number of carbonyl (C=O) groups excluding carboxylic acids is 2. The second-order valence-electron chi connectivity index (χ2n) is 5.13. The summed E-state index contributed by atoms with van der Waals surface area (Å²) in [4.78, 5) is 22.5. The molecule has 0 aliphatic heterocycles. The van der Waals surface area contributed by atoms with Gasteiger partial charge in [-0.25, -0.2) is 9.18 Å². The SMILES string of the molecule is Cc1cc(/C=C(/C#N)C(=O)NC(N)=O)c(C)n1-c1cccc(F)c1. The molecule has 3 N–H and O–H groups in total. The number of carbonyl (C=O) groups is 2. The highest BCUT2D eigenvalue weighted by molar-refractivity contribution is 6.08. The first kappa shape index (κ1) is 17.0. The van der Waals surface area contributed by atoms with Gasteiger partial charge in [-0.05, 0) is 49.8 Å². The quantitative estimate of drug-likeness (QED) is 0.668. The van der Waals surface area contributed by atoms with Crippen molar-refractivity contribution >= 4 is 18.0 Å². The van der Waals surface area contributed by atoms with E-state index in [4.69, 9.17) is 11.0 Å². The van der Waals surface area contributed by atoms with Gasteiger partial charge in [0.25, 0.3) is 5.91 Å². The van der Waals surface area contributed by atoms with Crippen molar-refractivity contribution in [3.05, 3.63) is 58.7 Å². The molecule has 7 heteroatoms. The van der Waals surface area contributed by atoms with Crippen LogP contribution in [0.4, 0.5) is 9.18 Å². The van der Waals surface area contributed by atoms with Crippen LogP contribution in [0.2, 0.25) is 0 Å². The lowest BCUT2D eigenvalue weighted by molar-refractivity contribution is -0.115. The maximum Gasteiger partial charge on any atom is 0.319 e. The van der Waals surface area contributed by atoms with Crippen LogP contribution in [0.3, 0.4) is 0 Å². The number of aryl methyl sites for hydroxylation is 1. The minimum atomic E-state index is -1.04. The fraction of sp³-hybridized carbons (Fsp3) is 0.118. The standard InChI is InChI=1S/C17H15FN4O2/c1-10-6-12(7-13(9-19)16(23)21-17(20)24)11(2)22(10)15-5-3-4-14(18)8-15/h3-8H,1-2H3,(H3,20,21,23,24)/b13-7-. The Balaban J connectivity index is 2.48. The van der Waals surface area contributed by atoms with Crippen LogP contribution in [0, 0.1) is 31.0 Å². The highest BCUT2D eigenvalue weighted by atomic mass is 19.1. The van der Waals surface area contributed by atoms with Gasteiger partial charge in [-0.2, -0.15) is 5.26 Å². The number of amides is 3. The summed E-state index contributed by atoms with van der Waals surface area (Å²) in [5.41, 5.74) is 7.38. The third-order valence-electron chi connectivity index (χ3n) is 3.44. The number of nitrogens with two attached hydrogens (primary N) is 1. The monoisotopic (exact) mass is 326 g/mol. The van der Waals surface area contributed by atoms with Gasteiger partial charge in [-0.15, -0.1) is 0 Å². The summed E-state index contributed by atoms with van der Waals surface area (Å²) in [7, 11) is 0. The van der Waals surface area contributed by atoms with Crippen LogP contribution < -0.4 is 11.1 Å². The van der Waals surface area contributed by atoms with E-state index in [1.807, 2.05) is 12.2 Å². The molecule has 0 bridgehead atoms. The van der Waals surface area contributed by atoms with Crippen molar-refractivity contribution in [1.29, 1.82) is 5.26 Å². The number of rotatable bonds is 3. The number of nitriles is 1. The smallest absolute Gasteiger partial charge is 0.319 e. The summed E-state index contributed by atoms with van der Waals surface area (Å²) in [6, 6.07) is 8.54. The molecule has 2 rings (SSSR count). The number of hydrogen-bond acceptors (Lipinski definition) is 3. The van der Waals surface area contributed by atoms with Crippen molar-refractivity contribution in [2.45, 2.75) is 13.8 Å². The molecule has 0 radical (unpaired) electrons. The lowest BCUT2D eigenvalue weighted by Crippen LogP contribution is -2.35. The molecule has 1 aromatic heterocycles. The van der Waals surface area contributed by atoms with Crippen molar-refractivity contribution < 1.29 is 14.0 Å². The van der Waals surface area contributed by atoms with Gasteiger partial charge in [-0.1, -0.05) is 6.07 Å². The molecular formula is C17H15FN4O2. The fourth-order valence-corrected chi connectivity index (χ4v) is 2.43. The van der Waals surface area contributed by atoms with Crippen LogP contribution >= 0.6 is 0 Å². The zero-order valence-corrected chi connectivity index (χ0v) is 13.1. The Morgan fingerprint density at radius 2 is 2.04 bits per heavy atom. The van der Waals surface area contributed by atoms with Crippen LogP contribution in [0.5, 0.6) is 0 Å². The van der Waals surface area contributed by atoms with Gasteiger partial charge in [-0.3, -0.25) is 10.1 Å². The molecule has 6 nitrogen and oxygen atoms in total. The number of hydrogen-bond donors (Lipinski definition) is 2. The predicted molar refractivity (Wildman–Crippen MR) is 86.5 cm³/mol. The van der Waals surface area contributed by atoms with E-state index in [0.717, 1.165) is 11.4 Å². The number of imide groups is 1. The normalized spacial score (nSPS) is 11.0. The average molecular weight is 326 g/mol. The maximum atomic E-state index is 13.5. The molecule has 0 saturated carbocycles. The Morgan fingerprint density at radius 1 is 1.33 bits per heavy atom. The largest absolute Gasteiger partial charge is 0.351 e. The molecule has 0 aliphatic carbocycles. The summed E-state index contributed by atoms with van der Waals surface area (Å²) < 4.78 is 15.3. The average Bonchev–Trinajstić information content (AvgIpc) is 2.78. The summed E-state index contributed by atoms with van der Waals surface area (Å²) in [5.74, 6) is -1.24. The first-order chi connectivity index (χ1) is 11.3. The van der Waals surface area contributed by atoms with E-state index in [9.17, 15) is 14.0 Å². The summed E-state index contributed by atoms with van der Waals surface area (Å²) >= 11 is 0. The molecule has 122 valence electrons. The van der Waals surface area contributed by atoms with Crippen molar-refractivity contribution in [3.8, 4) is 11.8 Å². The molecule has 3 amide bonds. The topological polar surface area (TPSA) is 101 Å². The molecule has 1 aromatic carbocycles. The predicted octanol–water partition coefficient (Wildman–Crippen LogP) is 2.34. The van der Waals surface area contributed by atoms with Gasteiger partial charge < -0.3 is 10.3 Å². The number of urea groups is 1. The van der Waals surface area contributed by atoms with E-state index >= 15 is 0 Å². The lowest BCUT2D eigenvalue weighted by atomic mass is 10.1. The van der Waals surface area contributed by atoms with E-state index < -0.39 is 11.9 Å². The molecule has 0 fully saturated rings. The van der Waals surface area contributed by atoms with E-state index in [-0.39, 0.29) is 11.4 Å². The van der Waals surface area contributed by atoms with Crippen LogP contribution in [0.15, 0.2) is 35.9 Å². The first-order valence-electron chi connectivity index (χ1n) is 7.01. The Morgan fingerprint density at radius 3 is 2.62 bits per heavy atom. The Kier molecular flexibility index (Phi) is 4.80. The van der Waals surface area contributed by atoms with Gasteiger partial charge in [0, 0.05) is 17.1 Å². The summed E-state index contributed by atoms with van der Waals surface area (Å²) in [5, 5.41) is 11.0. The van der Waals surface area contributed by atoms with E-state index in [0.29, 0.717) is 11.3 Å². The van der Waals surface area contributed by atoms with Crippen molar-refractivity contribution in [1.82, 2.24) is 9.88 Å². The molecule has 0 saturated heterocycles. The number of benzene rings is 1. The number of nitrogens with zero attached hydrogens (tertiary/aromatic N) is 2. The van der Waals surface area contributed by atoms with Crippen LogP contribution in [-0.2, 0) is 4.79 Å². The van der Waals surface area contributed by atoms with Crippen LogP contribution in [-0.4, -0.2) is 16.5 Å². The van der Waals surface area contributed by atoms with Gasteiger partial charge >= 0.3 is 6.03 Å².